The van der Waals surface area contributed by atoms with Gasteiger partial charge in [0.25, 0.3) is 0 Å². The van der Waals surface area contributed by atoms with Crippen molar-refractivity contribution in [2.24, 2.45) is 11.8 Å². The van der Waals surface area contributed by atoms with Crippen LogP contribution in [-0.4, -0.2) is 0 Å². The van der Waals surface area contributed by atoms with Gasteiger partial charge in [-0.1, -0.05) is 25.2 Å². The van der Waals surface area contributed by atoms with Crippen LogP contribution in [0.3, 0.4) is 0 Å². The summed E-state index contributed by atoms with van der Waals surface area (Å²) in [5.41, 5.74) is 0. The Morgan fingerprint density at radius 3 is 2.78 bits per heavy atom. The first-order chi connectivity index (χ1) is 4.36. The molecule has 1 rings (SSSR count). The van der Waals surface area contributed by atoms with Gasteiger partial charge in [0, 0.05) is 0 Å². The van der Waals surface area contributed by atoms with E-state index in [1.807, 2.05) is 6.08 Å². The third-order valence-electron chi connectivity index (χ3n) is 2.03. The molecule has 1 aliphatic rings. The molecule has 0 saturated heterocycles. The standard InChI is InChI=1S/C9H14/c1-3-8-5-6-9(4-2)7-8/h3,5-6,8-9H,1,4,7H2,2H3. The smallest absolute Gasteiger partial charge is 0.00505 e. The summed E-state index contributed by atoms with van der Waals surface area (Å²) >= 11 is 0. The molecule has 0 N–H and O–H groups in total. The van der Waals surface area contributed by atoms with E-state index < -0.39 is 0 Å². The molecule has 50 valence electrons. The summed E-state index contributed by atoms with van der Waals surface area (Å²) < 4.78 is 0. The first-order valence-corrected chi connectivity index (χ1v) is 3.67. The molecule has 2 unspecified atom stereocenters. The van der Waals surface area contributed by atoms with Gasteiger partial charge >= 0.3 is 0 Å². The van der Waals surface area contributed by atoms with E-state index in [2.05, 4.69) is 25.7 Å². The van der Waals surface area contributed by atoms with E-state index in [4.69, 9.17) is 0 Å². The Balaban J connectivity index is 2.39. The van der Waals surface area contributed by atoms with E-state index in [-0.39, 0.29) is 0 Å². The fourth-order valence-electron chi connectivity index (χ4n) is 1.28. The lowest BCUT2D eigenvalue weighted by Crippen LogP contribution is -1.92. The summed E-state index contributed by atoms with van der Waals surface area (Å²) in [6.45, 7) is 6.00. The van der Waals surface area contributed by atoms with Gasteiger partial charge in [-0.25, -0.2) is 0 Å². The summed E-state index contributed by atoms with van der Waals surface area (Å²) in [5, 5.41) is 0. The molecule has 9 heavy (non-hydrogen) atoms. The second-order valence-electron chi connectivity index (χ2n) is 2.69. The summed E-state index contributed by atoms with van der Waals surface area (Å²) in [4.78, 5) is 0. The Hall–Kier alpha value is -0.520. The van der Waals surface area contributed by atoms with Gasteiger partial charge in [0.15, 0.2) is 0 Å². The minimum atomic E-state index is 0.662. The highest BCUT2D eigenvalue weighted by molar-refractivity contribution is 5.07. The number of hydrogen-bond acceptors (Lipinski definition) is 0. The summed E-state index contributed by atoms with van der Waals surface area (Å²) in [5.74, 6) is 1.49. The van der Waals surface area contributed by atoms with Crippen molar-refractivity contribution in [3.8, 4) is 0 Å². The van der Waals surface area contributed by atoms with Crippen LogP contribution in [0.5, 0.6) is 0 Å². The summed E-state index contributed by atoms with van der Waals surface area (Å²) in [6, 6.07) is 0. The maximum absolute atomic E-state index is 3.76. The Bertz CT molecular complexity index is 122. The maximum Gasteiger partial charge on any atom is -0.00505 e. The van der Waals surface area contributed by atoms with Gasteiger partial charge in [-0.15, -0.1) is 6.58 Å². The van der Waals surface area contributed by atoms with Crippen molar-refractivity contribution in [1.29, 1.82) is 0 Å². The Labute approximate surface area is 57.3 Å². The third kappa shape index (κ3) is 1.44. The van der Waals surface area contributed by atoms with Crippen LogP contribution >= 0.6 is 0 Å². The van der Waals surface area contributed by atoms with Gasteiger partial charge in [-0.05, 0) is 24.7 Å². The van der Waals surface area contributed by atoms with Crippen molar-refractivity contribution < 1.29 is 0 Å². The fourth-order valence-corrected chi connectivity index (χ4v) is 1.28. The maximum atomic E-state index is 3.76. The highest BCUT2D eigenvalue weighted by atomic mass is 14.2. The van der Waals surface area contributed by atoms with E-state index >= 15 is 0 Å². The Morgan fingerprint density at radius 2 is 2.44 bits per heavy atom. The van der Waals surface area contributed by atoms with Gasteiger partial charge < -0.3 is 0 Å². The lowest BCUT2D eigenvalue weighted by atomic mass is 10.0. The minimum absolute atomic E-state index is 0.662. The van der Waals surface area contributed by atoms with Crippen LogP contribution in [-0.2, 0) is 0 Å². The van der Waals surface area contributed by atoms with Crippen molar-refractivity contribution >= 4 is 0 Å². The molecule has 0 amide bonds. The van der Waals surface area contributed by atoms with Crippen LogP contribution in [0, 0.1) is 11.8 Å². The zero-order chi connectivity index (χ0) is 6.69. The molecule has 0 heteroatoms. The van der Waals surface area contributed by atoms with E-state index in [1.165, 1.54) is 12.8 Å². The molecule has 0 aliphatic heterocycles. The number of allylic oxidation sites excluding steroid dienone is 3. The zero-order valence-electron chi connectivity index (χ0n) is 6.01. The predicted octanol–water partition coefficient (Wildman–Crippen LogP) is 2.77. The van der Waals surface area contributed by atoms with Crippen molar-refractivity contribution in [2.45, 2.75) is 19.8 Å². The van der Waals surface area contributed by atoms with Crippen LogP contribution in [0.2, 0.25) is 0 Å². The lowest BCUT2D eigenvalue weighted by molar-refractivity contribution is 0.565. The quantitative estimate of drug-likeness (QED) is 0.494. The molecule has 0 heterocycles. The Morgan fingerprint density at radius 1 is 1.67 bits per heavy atom. The molecule has 0 bridgehead atoms. The first kappa shape index (κ1) is 6.60. The van der Waals surface area contributed by atoms with Crippen LogP contribution in [0.4, 0.5) is 0 Å². The molecule has 0 nitrogen and oxygen atoms in total. The monoisotopic (exact) mass is 122 g/mol. The number of rotatable bonds is 2. The molecule has 0 radical (unpaired) electrons. The van der Waals surface area contributed by atoms with Crippen molar-refractivity contribution in [3.63, 3.8) is 0 Å². The van der Waals surface area contributed by atoms with Crippen molar-refractivity contribution in [1.82, 2.24) is 0 Å². The molecule has 2 atom stereocenters. The van der Waals surface area contributed by atoms with E-state index in [9.17, 15) is 0 Å². The first-order valence-electron chi connectivity index (χ1n) is 3.67. The zero-order valence-corrected chi connectivity index (χ0v) is 6.01. The predicted molar refractivity (Wildman–Crippen MR) is 41.2 cm³/mol. The molecule has 0 saturated carbocycles. The van der Waals surface area contributed by atoms with E-state index in [0.29, 0.717) is 5.92 Å². The molecule has 0 fully saturated rings. The van der Waals surface area contributed by atoms with Crippen molar-refractivity contribution in [2.75, 3.05) is 0 Å². The molecule has 0 spiro atoms. The van der Waals surface area contributed by atoms with Crippen LogP contribution in [0.25, 0.3) is 0 Å². The largest absolute Gasteiger partial charge is 0.102 e. The number of hydrogen-bond donors (Lipinski definition) is 0. The van der Waals surface area contributed by atoms with Crippen LogP contribution in [0.1, 0.15) is 19.8 Å². The van der Waals surface area contributed by atoms with Gasteiger partial charge in [0.1, 0.15) is 0 Å². The molecule has 0 aromatic rings. The molecule has 0 aromatic carbocycles. The molecule has 1 aliphatic carbocycles. The highest BCUT2D eigenvalue weighted by Crippen LogP contribution is 2.25. The van der Waals surface area contributed by atoms with E-state index in [0.717, 1.165) is 5.92 Å². The van der Waals surface area contributed by atoms with Crippen LogP contribution < -0.4 is 0 Å². The SMILES string of the molecule is C=CC1C=CC(CC)C1. The van der Waals surface area contributed by atoms with Gasteiger partial charge in [0.2, 0.25) is 0 Å². The van der Waals surface area contributed by atoms with Gasteiger partial charge in [0.05, 0.1) is 0 Å². The molecular formula is C9H14. The second-order valence-corrected chi connectivity index (χ2v) is 2.69. The van der Waals surface area contributed by atoms with Gasteiger partial charge in [-0.3, -0.25) is 0 Å². The average molecular weight is 122 g/mol. The molecule has 0 aromatic heterocycles. The molecular weight excluding hydrogens is 108 g/mol. The normalized spacial score (nSPS) is 33.0. The lowest BCUT2D eigenvalue weighted by Gasteiger charge is -2.03. The van der Waals surface area contributed by atoms with Crippen molar-refractivity contribution in [3.05, 3.63) is 24.8 Å². The Kier molecular flexibility index (Phi) is 2.10. The van der Waals surface area contributed by atoms with E-state index in [1.54, 1.807) is 0 Å². The fraction of sp³-hybridized carbons (Fsp3) is 0.556. The van der Waals surface area contributed by atoms with Crippen LogP contribution in [0.15, 0.2) is 24.8 Å². The topological polar surface area (TPSA) is 0 Å². The van der Waals surface area contributed by atoms with Gasteiger partial charge in [-0.2, -0.15) is 0 Å². The third-order valence-corrected chi connectivity index (χ3v) is 2.03. The minimum Gasteiger partial charge on any atom is -0.102 e. The summed E-state index contributed by atoms with van der Waals surface area (Å²) in [6.07, 6.45) is 9.18. The average Bonchev–Trinajstić information content (AvgIpc) is 2.34. The highest BCUT2D eigenvalue weighted by Gasteiger charge is 2.13. The summed E-state index contributed by atoms with van der Waals surface area (Å²) in [7, 11) is 0. The second kappa shape index (κ2) is 2.86.